The van der Waals surface area contributed by atoms with Crippen LogP contribution in [0.4, 0.5) is 10.1 Å². The van der Waals surface area contributed by atoms with Crippen molar-refractivity contribution in [2.24, 2.45) is 11.8 Å². The summed E-state index contributed by atoms with van der Waals surface area (Å²) in [7, 11) is 1.51. The van der Waals surface area contributed by atoms with Crippen LogP contribution >= 0.6 is 0 Å². The van der Waals surface area contributed by atoms with Crippen LogP contribution in [-0.2, 0) is 4.79 Å². The van der Waals surface area contributed by atoms with Crippen LogP contribution in [0.15, 0.2) is 18.2 Å². The fourth-order valence-electron chi connectivity index (χ4n) is 2.80. The van der Waals surface area contributed by atoms with Crippen molar-refractivity contribution in [1.29, 1.82) is 0 Å². The molecule has 0 saturated carbocycles. The van der Waals surface area contributed by atoms with Crippen LogP contribution in [0.25, 0.3) is 0 Å². The highest BCUT2D eigenvalue weighted by Crippen LogP contribution is 2.26. The highest BCUT2D eigenvalue weighted by Gasteiger charge is 2.22. The Bertz CT molecular complexity index is 487. The Hall–Kier alpha value is -1.62. The molecule has 2 rings (SSSR count). The second kappa shape index (κ2) is 7.41. The van der Waals surface area contributed by atoms with Gasteiger partial charge >= 0.3 is 0 Å². The second-order valence-corrected chi connectivity index (χ2v) is 5.66. The number of methoxy groups -OCH3 is 1. The normalized spacial score (nSPS) is 17.3. The van der Waals surface area contributed by atoms with E-state index in [1.54, 1.807) is 0 Å². The van der Waals surface area contributed by atoms with Crippen molar-refractivity contribution < 1.29 is 13.9 Å². The molecule has 0 bridgehead atoms. The Morgan fingerprint density at radius 2 is 2.19 bits per heavy atom. The van der Waals surface area contributed by atoms with Gasteiger partial charge < -0.3 is 15.4 Å². The van der Waals surface area contributed by atoms with Crippen molar-refractivity contribution in [3.05, 3.63) is 24.0 Å². The number of nitrogens with one attached hydrogen (secondary N) is 2. The molecule has 21 heavy (non-hydrogen) atoms. The van der Waals surface area contributed by atoms with Crippen molar-refractivity contribution in [3.63, 3.8) is 0 Å². The number of carbonyl (C=O) groups excluding carboxylic acids is 1. The Labute approximate surface area is 125 Å². The molecule has 0 radical (unpaired) electrons. The minimum absolute atomic E-state index is 0.145. The molecule has 2 N–H and O–H groups in total. The summed E-state index contributed by atoms with van der Waals surface area (Å²) in [4.78, 5) is 12.1. The van der Waals surface area contributed by atoms with Gasteiger partial charge in [0.1, 0.15) is 11.6 Å². The summed E-state index contributed by atoms with van der Waals surface area (Å²) < 4.78 is 18.7. The molecule has 116 valence electrons. The molecule has 1 amide bonds. The molecule has 1 aromatic rings. The monoisotopic (exact) mass is 294 g/mol. The molecule has 1 fully saturated rings. The van der Waals surface area contributed by atoms with E-state index in [2.05, 4.69) is 17.6 Å². The van der Waals surface area contributed by atoms with Crippen molar-refractivity contribution in [1.82, 2.24) is 5.32 Å². The van der Waals surface area contributed by atoms with Crippen LogP contribution in [-0.4, -0.2) is 26.1 Å². The smallest absolute Gasteiger partial charge is 0.224 e. The molecular formula is C16H23FN2O2. The summed E-state index contributed by atoms with van der Waals surface area (Å²) in [6.45, 7) is 4.12. The number of halogens is 1. The summed E-state index contributed by atoms with van der Waals surface area (Å²) in [5.74, 6) is 0.804. The number of hydrogen-bond donors (Lipinski definition) is 2. The van der Waals surface area contributed by atoms with Crippen LogP contribution in [0, 0.1) is 17.7 Å². The van der Waals surface area contributed by atoms with E-state index in [4.69, 9.17) is 4.74 Å². The van der Waals surface area contributed by atoms with Crippen LogP contribution < -0.4 is 15.4 Å². The van der Waals surface area contributed by atoms with Gasteiger partial charge in [0.2, 0.25) is 5.91 Å². The van der Waals surface area contributed by atoms with E-state index >= 15 is 0 Å². The van der Waals surface area contributed by atoms with E-state index in [0.717, 1.165) is 25.9 Å². The predicted octanol–water partition coefficient (Wildman–Crippen LogP) is 2.80. The first-order chi connectivity index (χ1) is 10.1. The maximum atomic E-state index is 13.7. The van der Waals surface area contributed by atoms with Gasteiger partial charge in [0.25, 0.3) is 0 Å². The average Bonchev–Trinajstić information content (AvgIpc) is 2.50. The van der Waals surface area contributed by atoms with Crippen LogP contribution in [0.1, 0.15) is 26.2 Å². The molecule has 1 atom stereocenters. The lowest BCUT2D eigenvalue weighted by molar-refractivity contribution is -0.117. The van der Waals surface area contributed by atoms with E-state index < -0.39 is 5.82 Å². The number of hydrogen-bond acceptors (Lipinski definition) is 3. The molecule has 4 nitrogen and oxygen atoms in total. The van der Waals surface area contributed by atoms with Crippen molar-refractivity contribution >= 4 is 11.6 Å². The Morgan fingerprint density at radius 3 is 2.86 bits per heavy atom. The SMILES string of the molecule is COc1ccc(F)c(NC(=O)CC(C)C2CCNCC2)c1. The van der Waals surface area contributed by atoms with E-state index in [-0.39, 0.29) is 11.6 Å². The first kappa shape index (κ1) is 15.8. The first-order valence-electron chi connectivity index (χ1n) is 7.44. The summed E-state index contributed by atoms with van der Waals surface area (Å²) in [6, 6.07) is 4.33. The van der Waals surface area contributed by atoms with Gasteiger partial charge in [-0.25, -0.2) is 4.39 Å². The quantitative estimate of drug-likeness (QED) is 0.878. The molecular weight excluding hydrogens is 271 g/mol. The van der Waals surface area contributed by atoms with E-state index in [1.165, 1.54) is 25.3 Å². The van der Waals surface area contributed by atoms with E-state index in [0.29, 0.717) is 24.0 Å². The molecule has 1 aliphatic heterocycles. The largest absolute Gasteiger partial charge is 0.497 e. The standard InChI is InChI=1S/C16H23FN2O2/c1-11(12-5-7-18-8-6-12)9-16(20)19-15-10-13(21-2)3-4-14(15)17/h3-4,10-12,18H,5-9H2,1-2H3,(H,19,20). The number of piperidine rings is 1. The Balaban J connectivity index is 1.91. The second-order valence-electron chi connectivity index (χ2n) is 5.66. The third kappa shape index (κ3) is 4.43. The zero-order chi connectivity index (χ0) is 15.2. The summed E-state index contributed by atoms with van der Waals surface area (Å²) in [6.07, 6.45) is 2.62. The molecule has 0 spiro atoms. The third-order valence-corrected chi connectivity index (χ3v) is 4.14. The van der Waals surface area contributed by atoms with Gasteiger partial charge in [0.05, 0.1) is 12.8 Å². The molecule has 1 unspecified atom stereocenters. The number of amides is 1. The molecule has 1 aromatic carbocycles. The molecule has 0 aliphatic carbocycles. The Morgan fingerprint density at radius 1 is 1.48 bits per heavy atom. The highest BCUT2D eigenvalue weighted by molar-refractivity contribution is 5.91. The van der Waals surface area contributed by atoms with Gasteiger partial charge in [-0.15, -0.1) is 0 Å². The van der Waals surface area contributed by atoms with Gasteiger partial charge in [-0.05, 0) is 49.9 Å². The number of ether oxygens (including phenoxy) is 1. The summed E-state index contributed by atoms with van der Waals surface area (Å²) in [5, 5.41) is 5.96. The van der Waals surface area contributed by atoms with Gasteiger partial charge in [-0.2, -0.15) is 0 Å². The van der Waals surface area contributed by atoms with Gasteiger partial charge in [0.15, 0.2) is 0 Å². The average molecular weight is 294 g/mol. The highest BCUT2D eigenvalue weighted by atomic mass is 19.1. The predicted molar refractivity (Wildman–Crippen MR) is 81.0 cm³/mol. The number of carbonyl (C=O) groups is 1. The number of rotatable bonds is 5. The van der Waals surface area contributed by atoms with Gasteiger partial charge in [-0.1, -0.05) is 6.92 Å². The lowest BCUT2D eigenvalue weighted by Crippen LogP contribution is -2.32. The lowest BCUT2D eigenvalue weighted by atomic mass is 9.84. The van der Waals surface area contributed by atoms with Gasteiger partial charge in [-0.3, -0.25) is 4.79 Å². The van der Waals surface area contributed by atoms with Crippen LogP contribution in [0.5, 0.6) is 5.75 Å². The summed E-state index contributed by atoms with van der Waals surface area (Å²) >= 11 is 0. The van der Waals surface area contributed by atoms with Gasteiger partial charge in [0, 0.05) is 12.5 Å². The summed E-state index contributed by atoms with van der Waals surface area (Å²) in [5.41, 5.74) is 0.178. The Kier molecular flexibility index (Phi) is 5.56. The third-order valence-electron chi connectivity index (χ3n) is 4.14. The lowest BCUT2D eigenvalue weighted by Gasteiger charge is -2.27. The fourth-order valence-corrected chi connectivity index (χ4v) is 2.80. The minimum Gasteiger partial charge on any atom is -0.497 e. The van der Waals surface area contributed by atoms with Crippen molar-refractivity contribution in [2.45, 2.75) is 26.2 Å². The number of benzene rings is 1. The van der Waals surface area contributed by atoms with Crippen LogP contribution in [0.3, 0.4) is 0 Å². The molecule has 1 saturated heterocycles. The molecule has 1 aliphatic rings. The van der Waals surface area contributed by atoms with E-state index in [9.17, 15) is 9.18 Å². The van der Waals surface area contributed by atoms with E-state index in [1.807, 2.05) is 0 Å². The van der Waals surface area contributed by atoms with Crippen LogP contribution in [0.2, 0.25) is 0 Å². The zero-order valence-electron chi connectivity index (χ0n) is 12.6. The first-order valence-corrected chi connectivity index (χ1v) is 7.44. The molecule has 1 heterocycles. The fraction of sp³-hybridized carbons (Fsp3) is 0.562. The minimum atomic E-state index is -0.446. The maximum absolute atomic E-state index is 13.7. The zero-order valence-corrected chi connectivity index (χ0v) is 12.6. The maximum Gasteiger partial charge on any atom is 0.224 e. The van der Waals surface area contributed by atoms with Crippen molar-refractivity contribution in [3.8, 4) is 5.75 Å². The number of anilines is 1. The topological polar surface area (TPSA) is 50.4 Å². The molecule has 5 heteroatoms. The van der Waals surface area contributed by atoms with Crippen molar-refractivity contribution in [2.75, 3.05) is 25.5 Å². The molecule has 0 aromatic heterocycles.